The zero-order valence-electron chi connectivity index (χ0n) is 16.0. The van der Waals surface area contributed by atoms with Crippen LogP contribution in [0.15, 0.2) is 55.0 Å². The number of rotatable bonds is 8. The predicted molar refractivity (Wildman–Crippen MR) is 104 cm³/mol. The largest absolute Gasteiger partial charge is 0.497 e. The van der Waals surface area contributed by atoms with Gasteiger partial charge >= 0.3 is 0 Å². The summed E-state index contributed by atoms with van der Waals surface area (Å²) in [5.74, 6) is 1.68. The number of amides is 1. The third kappa shape index (κ3) is 4.86. The topological polar surface area (TPSA) is 90.3 Å². The molecule has 1 amide bonds. The standard InChI is InChI=1S/C20H23N5O3/c1-21-19(15-12-24-25(2)13-15)20(26)23-11-14-7-8-18(22-10-14)28-17-6-4-5-16(9-17)27-3/h4-10,12-13,19,21H,11H2,1-3H3,(H,23,26). The maximum atomic E-state index is 12.5. The number of hydrogen-bond acceptors (Lipinski definition) is 6. The maximum Gasteiger partial charge on any atom is 0.242 e. The molecule has 0 aliphatic heterocycles. The van der Waals surface area contributed by atoms with Crippen molar-refractivity contribution in [1.29, 1.82) is 0 Å². The van der Waals surface area contributed by atoms with Gasteiger partial charge in [0.05, 0.1) is 13.3 Å². The smallest absolute Gasteiger partial charge is 0.242 e. The van der Waals surface area contributed by atoms with Gasteiger partial charge in [-0.3, -0.25) is 9.48 Å². The molecule has 146 valence electrons. The summed E-state index contributed by atoms with van der Waals surface area (Å²) in [6, 6.07) is 10.5. The van der Waals surface area contributed by atoms with Crippen LogP contribution in [0.4, 0.5) is 0 Å². The van der Waals surface area contributed by atoms with Crippen LogP contribution in [0.1, 0.15) is 17.2 Å². The number of nitrogens with one attached hydrogen (secondary N) is 2. The molecule has 0 fully saturated rings. The molecule has 0 saturated carbocycles. The number of carbonyl (C=O) groups excluding carboxylic acids is 1. The fourth-order valence-electron chi connectivity index (χ4n) is 2.69. The molecular weight excluding hydrogens is 358 g/mol. The quantitative estimate of drug-likeness (QED) is 0.622. The van der Waals surface area contributed by atoms with Crippen molar-refractivity contribution in [2.45, 2.75) is 12.6 Å². The summed E-state index contributed by atoms with van der Waals surface area (Å²) < 4.78 is 12.6. The summed E-state index contributed by atoms with van der Waals surface area (Å²) in [5, 5.41) is 10.0. The zero-order chi connectivity index (χ0) is 19.9. The Morgan fingerprint density at radius 1 is 1.21 bits per heavy atom. The van der Waals surface area contributed by atoms with Gasteiger partial charge in [0, 0.05) is 43.7 Å². The molecule has 8 heteroatoms. The van der Waals surface area contributed by atoms with E-state index in [0.717, 1.165) is 11.1 Å². The van der Waals surface area contributed by atoms with Gasteiger partial charge in [0.15, 0.2) is 0 Å². The second-order valence-electron chi connectivity index (χ2n) is 6.17. The van der Waals surface area contributed by atoms with Crippen molar-refractivity contribution in [3.05, 3.63) is 66.1 Å². The number of hydrogen-bond donors (Lipinski definition) is 2. The molecule has 2 aromatic heterocycles. The van der Waals surface area contributed by atoms with Crippen molar-refractivity contribution in [1.82, 2.24) is 25.4 Å². The lowest BCUT2D eigenvalue weighted by Gasteiger charge is -2.14. The fourth-order valence-corrected chi connectivity index (χ4v) is 2.69. The van der Waals surface area contributed by atoms with Crippen LogP contribution in [-0.2, 0) is 18.4 Å². The number of likely N-dealkylation sites (N-methyl/N-ethyl adjacent to an activating group) is 1. The predicted octanol–water partition coefficient (Wildman–Crippen LogP) is 2.19. The summed E-state index contributed by atoms with van der Waals surface area (Å²) in [6.45, 7) is 0.365. The first-order valence-corrected chi connectivity index (χ1v) is 8.79. The second kappa shape index (κ2) is 9.01. The Morgan fingerprint density at radius 2 is 2.04 bits per heavy atom. The Balaban J connectivity index is 1.57. The highest BCUT2D eigenvalue weighted by Gasteiger charge is 2.19. The second-order valence-corrected chi connectivity index (χ2v) is 6.17. The molecule has 1 unspecified atom stereocenters. The highest BCUT2D eigenvalue weighted by molar-refractivity contribution is 5.83. The maximum absolute atomic E-state index is 12.5. The highest BCUT2D eigenvalue weighted by atomic mass is 16.5. The summed E-state index contributed by atoms with van der Waals surface area (Å²) in [6.07, 6.45) is 5.16. The van der Waals surface area contributed by atoms with Crippen LogP contribution in [0.3, 0.4) is 0 Å². The van der Waals surface area contributed by atoms with E-state index in [2.05, 4.69) is 20.7 Å². The average Bonchev–Trinajstić information content (AvgIpc) is 3.14. The SMILES string of the molecule is CNC(C(=O)NCc1ccc(Oc2cccc(OC)c2)nc1)c1cnn(C)c1. The number of methoxy groups -OCH3 is 1. The van der Waals surface area contributed by atoms with E-state index < -0.39 is 6.04 Å². The van der Waals surface area contributed by atoms with Crippen LogP contribution in [0.25, 0.3) is 0 Å². The fraction of sp³-hybridized carbons (Fsp3) is 0.250. The molecule has 0 saturated heterocycles. The number of pyridine rings is 1. The molecule has 0 radical (unpaired) electrons. The normalized spacial score (nSPS) is 11.7. The highest BCUT2D eigenvalue weighted by Crippen LogP contribution is 2.23. The first kappa shape index (κ1) is 19.4. The van der Waals surface area contributed by atoms with Crippen molar-refractivity contribution in [2.24, 2.45) is 7.05 Å². The zero-order valence-corrected chi connectivity index (χ0v) is 16.0. The molecule has 8 nitrogen and oxygen atoms in total. The van der Waals surface area contributed by atoms with E-state index in [1.807, 2.05) is 37.5 Å². The molecular formula is C20H23N5O3. The van der Waals surface area contributed by atoms with E-state index in [1.54, 1.807) is 43.4 Å². The lowest BCUT2D eigenvalue weighted by Crippen LogP contribution is -2.35. The number of benzene rings is 1. The molecule has 3 aromatic rings. The van der Waals surface area contributed by atoms with Crippen LogP contribution in [0.2, 0.25) is 0 Å². The molecule has 2 N–H and O–H groups in total. The molecule has 0 aliphatic carbocycles. The molecule has 1 aromatic carbocycles. The van der Waals surface area contributed by atoms with Gasteiger partial charge in [-0.25, -0.2) is 4.98 Å². The summed E-state index contributed by atoms with van der Waals surface area (Å²) in [5.41, 5.74) is 1.68. The molecule has 1 atom stereocenters. The van der Waals surface area contributed by atoms with Crippen LogP contribution in [0, 0.1) is 0 Å². The number of ether oxygens (including phenoxy) is 2. The number of aryl methyl sites for hydroxylation is 1. The van der Waals surface area contributed by atoms with Crippen LogP contribution >= 0.6 is 0 Å². The molecule has 0 bridgehead atoms. The van der Waals surface area contributed by atoms with E-state index in [9.17, 15) is 4.79 Å². The van der Waals surface area contributed by atoms with Gasteiger partial charge in [-0.05, 0) is 24.7 Å². The minimum atomic E-state index is -0.461. The van der Waals surface area contributed by atoms with Crippen molar-refractivity contribution in [3.8, 4) is 17.4 Å². The monoisotopic (exact) mass is 381 g/mol. The van der Waals surface area contributed by atoms with E-state index >= 15 is 0 Å². The van der Waals surface area contributed by atoms with Gasteiger partial charge in [-0.1, -0.05) is 12.1 Å². The van der Waals surface area contributed by atoms with E-state index in [1.165, 1.54) is 0 Å². The summed E-state index contributed by atoms with van der Waals surface area (Å²) in [4.78, 5) is 16.7. The van der Waals surface area contributed by atoms with Crippen molar-refractivity contribution < 1.29 is 14.3 Å². The minimum absolute atomic E-state index is 0.132. The van der Waals surface area contributed by atoms with Crippen LogP contribution in [-0.4, -0.2) is 34.8 Å². The van der Waals surface area contributed by atoms with Gasteiger partial charge < -0.3 is 20.1 Å². The lowest BCUT2D eigenvalue weighted by atomic mass is 10.1. The first-order chi connectivity index (χ1) is 13.6. The molecule has 28 heavy (non-hydrogen) atoms. The van der Waals surface area contributed by atoms with Crippen molar-refractivity contribution >= 4 is 5.91 Å². The van der Waals surface area contributed by atoms with E-state index in [-0.39, 0.29) is 5.91 Å². The first-order valence-electron chi connectivity index (χ1n) is 8.79. The average molecular weight is 381 g/mol. The van der Waals surface area contributed by atoms with Gasteiger partial charge in [0.2, 0.25) is 11.8 Å². The van der Waals surface area contributed by atoms with Crippen molar-refractivity contribution in [2.75, 3.05) is 14.2 Å². The molecule has 3 rings (SSSR count). The Labute approximate surface area is 163 Å². The summed E-state index contributed by atoms with van der Waals surface area (Å²) in [7, 11) is 5.16. The Bertz CT molecular complexity index is 924. The third-order valence-electron chi connectivity index (χ3n) is 4.14. The third-order valence-corrected chi connectivity index (χ3v) is 4.14. The van der Waals surface area contributed by atoms with Gasteiger partial charge in [-0.15, -0.1) is 0 Å². The Kier molecular flexibility index (Phi) is 6.23. The van der Waals surface area contributed by atoms with E-state index in [4.69, 9.17) is 9.47 Å². The Hall–Kier alpha value is -3.39. The molecule has 2 heterocycles. The summed E-state index contributed by atoms with van der Waals surface area (Å²) >= 11 is 0. The van der Waals surface area contributed by atoms with Crippen LogP contribution in [0.5, 0.6) is 17.4 Å². The van der Waals surface area contributed by atoms with Gasteiger partial charge in [0.25, 0.3) is 0 Å². The van der Waals surface area contributed by atoms with Crippen LogP contribution < -0.4 is 20.1 Å². The minimum Gasteiger partial charge on any atom is -0.497 e. The molecule has 0 spiro atoms. The molecule has 0 aliphatic rings. The van der Waals surface area contributed by atoms with Gasteiger partial charge in [0.1, 0.15) is 17.5 Å². The number of carbonyl (C=O) groups is 1. The lowest BCUT2D eigenvalue weighted by molar-refractivity contribution is -0.123. The number of nitrogens with zero attached hydrogens (tertiary/aromatic N) is 3. The Morgan fingerprint density at radius 3 is 2.68 bits per heavy atom. The van der Waals surface area contributed by atoms with Crippen molar-refractivity contribution in [3.63, 3.8) is 0 Å². The van der Waals surface area contributed by atoms with Gasteiger partial charge in [-0.2, -0.15) is 5.10 Å². The number of aromatic nitrogens is 3. The van der Waals surface area contributed by atoms with E-state index in [0.29, 0.717) is 23.9 Å².